The number of esters is 1. The van der Waals surface area contributed by atoms with Crippen LogP contribution in [-0.4, -0.2) is 27.6 Å². The first-order chi connectivity index (χ1) is 13.7. The molecule has 1 saturated carbocycles. The minimum atomic E-state index is -0.602. The summed E-state index contributed by atoms with van der Waals surface area (Å²) in [5.74, 6) is -0.478. The molecule has 0 N–H and O–H groups in total. The van der Waals surface area contributed by atoms with E-state index in [9.17, 15) is 9.59 Å². The van der Waals surface area contributed by atoms with Gasteiger partial charge in [-0.05, 0) is 48.9 Å². The molecule has 5 nitrogen and oxygen atoms in total. The van der Waals surface area contributed by atoms with Crippen LogP contribution in [0.15, 0.2) is 60.1 Å². The quantitative estimate of drug-likeness (QED) is 0.468. The summed E-state index contributed by atoms with van der Waals surface area (Å²) in [5.41, 5.74) is 2.56. The molecule has 142 valence electrons. The molecule has 1 aromatic carbocycles. The van der Waals surface area contributed by atoms with Gasteiger partial charge in [-0.2, -0.15) is 5.10 Å². The Labute approximate surface area is 167 Å². The standard InChI is InChI=1S/C22H20N2O3S/c25-18-9-4-5-10-19(18)27-21(26)13-12-16-15-24(17-7-2-1-3-8-17)23-22(16)20-11-6-14-28-20/h1-3,6-8,11-15,19H,4-5,9-10H2/b13-12+/t19-/m1/s1. The van der Waals surface area contributed by atoms with Crippen LogP contribution in [0.3, 0.4) is 0 Å². The topological polar surface area (TPSA) is 61.2 Å². The fraction of sp³-hybridized carbons (Fsp3) is 0.227. The monoisotopic (exact) mass is 392 g/mol. The molecule has 28 heavy (non-hydrogen) atoms. The molecule has 1 atom stereocenters. The number of ketones is 1. The second-order valence-electron chi connectivity index (χ2n) is 6.66. The van der Waals surface area contributed by atoms with Crippen LogP contribution in [0.4, 0.5) is 0 Å². The maximum Gasteiger partial charge on any atom is 0.331 e. The maximum atomic E-state index is 12.2. The number of rotatable bonds is 5. The Morgan fingerprint density at radius 2 is 2.04 bits per heavy atom. The van der Waals surface area contributed by atoms with Crippen LogP contribution in [0.5, 0.6) is 0 Å². The largest absolute Gasteiger partial charge is 0.451 e. The second-order valence-corrected chi connectivity index (χ2v) is 7.61. The van der Waals surface area contributed by atoms with Crippen LogP contribution in [0.25, 0.3) is 22.3 Å². The van der Waals surface area contributed by atoms with E-state index in [4.69, 9.17) is 9.84 Å². The first kappa shape index (κ1) is 18.4. The van der Waals surface area contributed by atoms with Crippen molar-refractivity contribution in [3.05, 3.63) is 65.7 Å². The average Bonchev–Trinajstić information content (AvgIpc) is 3.38. The third-order valence-electron chi connectivity index (χ3n) is 4.67. The lowest BCUT2D eigenvalue weighted by molar-refractivity contribution is -0.152. The van der Waals surface area contributed by atoms with Gasteiger partial charge in [0.1, 0.15) is 5.69 Å². The van der Waals surface area contributed by atoms with Gasteiger partial charge < -0.3 is 4.74 Å². The third kappa shape index (κ3) is 4.12. The van der Waals surface area contributed by atoms with E-state index in [1.807, 2.05) is 54.0 Å². The molecule has 0 radical (unpaired) electrons. The van der Waals surface area contributed by atoms with Crippen molar-refractivity contribution < 1.29 is 14.3 Å². The van der Waals surface area contributed by atoms with Gasteiger partial charge in [0.25, 0.3) is 0 Å². The molecule has 4 rings (SSSR count). The van der Waals surface area contributed by atoms with Gasteiger partial charge in [0.05, 0.1) is 10.6 Å². The highest BCUT2D eigenvalue weighted by Crippen LogP contribution is 2.28. The normalized spacial score (nSPS) is 17.1. The molecule has 0 saturated heterocycles. The highest BCUT2D eigenvalue weighted by molar-refractivity contribution is 7.13. The molecule has 0 bridgehead atoms. The van der Waals surface area contributed by atoms with Gasteiger partial charge >= 0.3 is 5.97 Å². The lowest BCUT2D eigenvalue weighted by Gasteiger charge is -2.19. The summed E-state index contributed by atoms with van der Waals surface area (Å²) in [6.07, 6.45) is 7.28. The van der Waals surface area contributed by atoms with Gasteiger partial charge in [0, 0.05) is 24.3 Å². The van der Waals surface area contributed by atoms with E-state index in [2.05, 4.69) is 0 Å². The first-order valence-corrected chi connectivity index (χ1v) is 10.2. The van der Waals surface area contributed by atoms with Gasteiger partial charge in [0.2, 0.25) is 0 Å². The summed E-state index contributed by atoms with van der Waals surface area (Å²) in [7, 11) is 0. The number of thiophene rings is 1. The Morgan fingerprint density at radius 1 is 1.18 bits per heavy atom. The Kier molecular flexibility index (Phi) is 5.48. The average molecular weight is 392 g/mol. The zero-order chi connectivity index (χ0) is 19.3. The summed E-state index contributed by atoms with van der Waals surface area (Å²) in [6.45, 7) is 0. The summed E-state index contributed by atoms with van der Waals surface area (Å²) in [4.78, 5) is 25.1. The zero-order valence-electron chi connectivity index (χ0n) is 15.3. The lowest BCUT2D eigenvalue weighted by Crippen LogP contribution is -2.29. The molecule has 0 spiro atoms. The van der Waals surface area contributed by atoms with E-state index in [0.29, 0.717) is 12.8 Å². The van der Waals surface area contributed by atoms with Crippen molar-refractivity contribution in [2.75, 3.05) is 0 Å². The van der Waals surface area contributed by atoms with Crippen molar-refractivity contribution >= 4 is 29.2 Å². The van der Waals surface area contributed by atoms with E-state index in [0.717, 1.165) is 34.7 Å². The third-order valence-corrected chi connectivity index (χ3v) is 5.55. The van der Waals surface area contributed by atoms with Crippen LogP contribution < -0.4 is 0 Å². The highest BCUT2D eigenvalue weighted by atomic mass is 32.1. The summed E-state index contributed by atoms with van der Waals surface area (Å²) < 4.78 is 7.14. The summed E-state index contributed by atoms with van der Waals surface area (Å²) in [5, 5.41) is 6.69. The van der Waals surface area contributed by atoms with E-state index in [-0.39, 0.29) is 5.78 Å². The molecular formula is C22H20N2O3S. The number of hydrogen-bond donors (Lipinski definition) is 0. The van der Waals surface area contributed by atoms with Crippen molar-refractivity contribution in [3.63, 3.8) is 0 Å². The van der Waals surface area contributed by atoms with Gasteiger partial charge in [-0.3, -0.25) is 4.79 Å². The van der Waals surface area contributed by atoms with Gasteiger partial charge in [-0.1, -0.05) is 24.3 Å². The SMILES string of the molecule is O=C(/C=C/c1cn(-c2ccccc2)nc1-c1cccs1)O[C@@H]1CCCCC1=O. The molecule has 2 aromatic heterocycles. The smallest absolute Gasteiger partial charge is 0.331 e. The number of carbonyl (C=O) groups excluding carboxylic acids is 2. The van der Waals surface area contributed by atoms with Crippen LogP contribution in [0.2, 0.25) is 0 Å². The van der Waals surface area contributed by atoms with Gasteiger partial charge in [-0.25, -0.2) is 9.48 Å². The van der Waals surface area contributed by atoms with E-state index >= 15 is 0 Å². The molecule has 2 heterocycles. The minimum Gasteiger partial charge on any atom is -0.451 e. The predicted molar refractivity (Wildman–Crippen MR) is 109 cm³/mol. The molecule has 1 aliphatic rings. The Balaban J connectivity index is 1.57. The fourth-order valence-corrected chi connectivity index (χ4v) is 3.97. The number of benzene rings is 1. The number of ether oxygens (including phenoxy) is 1. The summed E-state index contributed by atoms with van der Waals surface area (Å²) in [6, 6.07) is 13.8. The molecule has 1 fully saturated rings. The zero-order valence-corrected chi connectivity index (χ0v) is 16.1. The van der Waals surface area contributed by atoms with E-state index in [1.165, 1.54) is 6.08 Å². The Bertz CT molecular complexity index is 990. The van der Waals surface area contributed by atoms with E-state index in [1.54, 1.807) is 22.1 Å². The molecule has 0 amide bonds. The number of para-hydroxylation sites is 1. The van der Waals surface area contributed by atoms with Crippen molar-refractivity contribution in [2.45, 2.75) is 31.8 Å². The van der Waals surface area contributed by atoms with Crippen molar-refractivity contribution in [2.24, 2.45) is 0 Å². The molecule has 0 unspecified atom stereocenters. The molecule has 3 aromatic rings. The minimum absolute atomic E-state index is 0.0178. The molecule has 1 aliphatic carbocycles. The van der Waals surface area contributed by atoms with Crippen LogP contribution in [0.1, 0.15) is 31.2 Å². The number of carbonyl (C=O) groups is 2. The molecule has 0 aliphatic heterocycles. The number of Topliss-reactive ketones (excluding diaryl/α,β-unsaturated/α-hetero) is 1. The fourth-order valence-electron chi connectivity index (χ4n) is 3.24. The highest BCUT2D eigenvalue weighted by Gasteiger charge is 2.25. The lowest BCUT2D eigenvalue weighted by atomic mass is 9.96. The number of nitrogens with zero attached hydrogens (tertiary/aromatic N) is 2. The van der Waals surface area contributed by atoms with Crippen molar-refractivity contribution in [1.29, 1.82) is 0 Å². The first-order valence-electron chi connectivity index (χ1n) is 9.31. The van der Waals surface area contributed by atoms with Crippen LogP contribution in [-0.2, 0) is 14.3 Å². The summed E-state index contributed by atoms with van der Waals surface area (Å²) >= 11 is 1.59. The predicted octanol–water partition coefficient (Wildman–Crippen LogP) is 4.67. The van der Waals surface area contributed by atoms with Crippen LogP contribution >= 0.6 is 11.3 Å². The second kappa shape index (κ2) is 8.35. The number of aromatic nitrogens is 2. The van der Waals surface area contributed by atoms with Gasteiger partial charge in [0.15, 0.2) is 11.9 Å². The van der Waals surface area contributed by atoms with E-state index < -0.39 is 12.1 Å². The Morgan fingerprint density at radius 3 is 2.79 bits per heavy atom. The van der Waals surface area contributed by atoms with Gasteiger partial charge in [-0.15, -0.1) is 11.3 Å². The number of hydrogen-bond acceptors (Lipinski definition) is 5. The van der Waals surface area contributed by atoms with Crippen molar-refractivity contribution in [3.8, 4) is 16.3 Å². The Hall–Kier alpha value is -2.99. The van der Waals surface area contributed by atoms with Crippen LogP contribution in [0, 0.1) is 0 Å². The maximum absolute atomic E-state index is 12.2. The molecular weight excluding hydrogens is 372 g/mol. The van der Waals surface area contributed by atoms with Crippen molar-refractivity contribution in [1.82, 2.24) is 9.78 Å². The molecule has 6 heteroatoms.